The van der Waals surface area contributed by atoms with E-state index in [1.165, 1.54) is 0 Å². The fourth-order valence-electron chi connectivity index (χ4n) is 6.74. The number of furan rings is 2. The molecule has 0 spiro atoms. The first-order valence-corrected chi connectivity index (χ1v) is 15.3. The maximum atomic E-state index is 10.3. The van der Waals surface area contributed by atoms with E-state index in [-0.39, 0.29) is 0 Å². The number of hydrogen-bond acceptors (Lipinski definition) is 3. The molecule has 0 atom stereocenters. The SMILES string of the molecule is N#Cc1cc(-c2cccc(-c3cccc4c3oc3ccccc34)c2)ccc1-c1cccc(-c2cccc3c2oc2ccccc23)c1. The molecule has 3 nitrogen and oxygen atoms in total. The Morgan fingerprint density at radius 1 is 0.370 bits per heavy atom. The molecule has 9 aromatic rings. The first-order chi connectivity index (χ1) is 22.7. The van der Waals surface area contributed by atoms with Crippen LogP contribution in [0, 0.1) is 11.3 Å². The second-order valence-corrected chi connectivity index (χ2v) is 11.6. The first-order valence-electron chi connectivity index (χ1n) is 15.3. The van der Waals surface area contributed by atoms with Crippen molar-refractivity contribution in [2.75, 3.05) is 0 Å². The Kier molecular flexibility index (Phi) is 5.88. The van der Waals surface area contributed by atoms with Gasteiger partial charge in [0.1, 0.15) is 22.3 Å². The highest BCUT2D eigenvalue weighted by atomic mass is 16.3. The second-order valence-electron chi connectivity index (χ2n) is 11.6. The van der Waals surface area contributed by atoms with E-state index in [0.29, 0.717) is 5.56 Å². The van der Waals surface area contributed by atoms with Crippen molar-refractivity contribution in [1.29, 1.82) is 5.26 Å². The molecule has 46 heavy (non-hydrogen) atoms. The van der Waals surface area contributed by atoms with Crippen LogP contribution in [0.2, 0.25) is 0 Å². The lowest BCUT2D eigenvalue weighted by Gasteiger charge is -2.11. The number of rotatable bonds is 4. The molecule has 3 heteroatoms. The van der Waals surface area contributed by atoms with E-state index in [9.17, 15) is 5.26 Å². The summed E-state index contributed by atoms with van der Waals surface area (Å²) in [5, 5.41) is 14.7. The van der Waals surface area contributed by atoms with Gasteiger partial charge in [-0.25, -0.2) is 0 Å². The third-order valence-corrected chi connectivity index (χ3v) is 8.94. The maximum Gasteiger partial charge on any atom is 0.143 e. The average molecular weight is 588 g/mol. The van der Waals surface area contributed by atoms with Crippen molar-refractivity contribution < 1.29 is 8.83 Å². The predicted molar refractivity (Wildman–Crippen MR) is 187 cm³/mol. The summed E-state index contributed by atoms with van der Waals surface area (Å²) >= 11 is 0. The molecular formula is C43H25NO2. The lowest BCUT2D eigenvalue weighted by molar-refractivity contribution is 0.669. The van der Waals surface area contributed by atoms with E-state index >= 15 is 0 Å². The van der Waals surface area contributed by atoms with Crippen molar-refractivity contribution in [2.24, 2.45) is 0 Å². The molecule has 0 bridgehead atoms. The lowest BCUT2D eigenvalue weighted by Crippen LogP contribution is -1.89. The smallest absolute Gasteiger partial charge is 0.143 e. The van der Waals surface area contributed by atoms with E-state index in [1.807, 2.05) is 48.5 Å². The van der Waals surface area contributed by atoms with Crippen LogP contribution in [0.15, 0.2) is 160 Å². The summed E-state index contributed by atoms with van der Waals surface area (Å²) in [6, 6.07) is 54.2. The van der Waals surface area contributed by atoms with Crippen molar-refractivity contribution in [3.05, 3.63) is 157 Å². The van der Waals surface area contributed by atoms with Crippen molar-refractivity contribution in [3.63, 3.8) is 0 Å². The van der Waals surface area contributed by atoms with Gasteiger partial charge < -0.3 is 8.83 Å². The first kappa shape index (κ1) is 26.1. The molecule has 0 saturated carbocycles. The normalized spacial score (nSPS) is 11.5. The minimum atomic E-state index is 0.626. The highest BCUT2D eigenvalue weighted by Gasteiger charge is 2.15. The Hall–Kier alpha value is -6.37. The topological polar surface area (TPSA) is 50.1 Å². The quantitative estimate of drug-likeness (QED) is 0.206. The second kappa shape index (κ2) is 10.4. The predicted octanol–water partition coefficient (Wildman–Crippen LogP) is 12.0. The number of nitriles is 1. The molecule has 0 aliphatic heterocycles. The number of para-hydroxylation sites is 4. The molecule has 0 aliphatic rings. The fourth-order valence-corrected chi connectivity index (χ4v) is 6.74. The van der Waals surface area contributed by atoms with E-state index in [1.54, 1.807) is 0 Å². The van der Waals surface area contributed by atoms with Crippen molar-refractivity contribution in [1.82, 2.24) is 0 Å². The molecule has 0 amide bonds. The Labute approximate surface area is 265 Å². The Morgan fingerprint density at radius 3 is 1.41 bits per heavy atom. The highest BCUT2D eigenvalue weighted by Crippen LogP contribution is 2.39. The summed E-state index contributed by atoms with van der Waals surface area (Å²) in [4.78, 5) is 0. The van der Waals surface area contributed by atoms with Crippen molar-refractivity contribution >= 4 is 43.9 Å². The highest BCUT2D eigenvalue weighted by molar-refractivity contribution is 6.10. The van der Waals surface area contributed by atoms with Gasteiger partial charge in [0.05, 0.1) is 11.6 Å². The minimum absolute atomic E-state index is 0.626. The molecule has 2 heterocycles. The van der Waals surface area contributed by atoms with Crippen LogP contribution in [0.1, 0.15) is 5.56 Å². The van der Waals surface area contributed by atoms with Gasteiger partial charge in [-0.3, -0.25) is 0 Å². The molecule has 0 fully saturated rings. The summed E-state index contributed by atoms with van der Waals surface area (Å²) in [6.45, 7) is 0. The monoisotopic (exact) mass is 587 g/mol. The van der Waals surface area contributed by atoms with Crippen LogP contribution < -0.4 is 0 Å². The molecule has 214 valence electrons. The standard InChI is InChI=1S/C43H25NO2/c44-26-32-24-28(27-9-5-11-30(23-27)34-15-7-17-38-36-13-1-3-19-40(36)45-42(34)38)21-22-33(32)29-10-6-12-31(25-29)35-16-8-18-39-37-14-2-4-20-41(37)46-43(35)39/h1-25H. The summed E-state index contributed by atoms with van der Waals surface area (Å²) in [5.41, 5.74) is 12.2. The van der Waals surface area contributed by atoms with Crippen molar-refractivity contribution in [2.45, 2.75) is 0 Å². The van der Waals surface area contributed by atoms with Gasteiger partial charge in [0.15, 0.2) is 0 Å². The van der Waals surface area contributed by atoms with Gasteiger partial charge in [0, 0.05) is 32.7 Å². The Balaban J connectivity index is 1.10. The van der Waals surface area contributed by atoms with Crippen LogP contribution in [-0.4, -0.2) is 0 Å². The van der Waals surface area contributed by atoms with Gasteiger partial charge in [-0.1, -0.05) is 121 Å². The van der Waals surface area contributed by atoms with Crippen LogP contribution in [0.5, 0.6) is 0 Å². The van der Waals surface area contributed by atoms with Crippen LogP contribution in [0.4, 0.5) is 0 Å². The van der Waals surface area contributed by atoms with Crippen molar-refractivity contribution in [3.8, 4) is 50.6 Å². The zero-order valence-electron chi connectivity index (χ0n) is 24.7. The molecular weight excluding hydrogens is 562 g/mol. The zero-order chi connectivity index (χ0) is 30.6. The molecule has 0 aliphatic carbocycles. The third kappa shape index (κ3) is 4.13. The van der Waals surface area contributed by atoms with Crippen LogP contribution in [0.25, 0.3) is 88.4 Å². The average Bonchev–Trinajstić information content (AvgIpc) is 3.70. The van der Waals surface area contributed by atoms with Gasteiger partial charge in [-0.2, -0.15) is 5.26 Å². The van der Waals surface area contributed by atoms with Gasteiger partial charge in [0.2, 0.25) is 0 Å². The summed E-state index contributed by atoms with van der Waals surface area (Å²) < 4.78 is 12.6. The third-order valence-electron chi connectivity index (χ3n) is 8.94. The fraction of sp³-hybridized carbons (Fsp3) is 0. The molecule has 0 N–H and O–H groups in total. The van der Waals surface area contributed by atoms with Crippen LogP contribution in [-0.2, 0) is 0 Å². The largest absolute Gasteiger partial charge is 0.455 e. The molecule has 0 saturated heterocycles. The van der Waals surface area contributed by atoms with E-state index in [4.69, 9.17) is 8.83 Å². The summed E-state index contributed by atoms with van der Waals surface area (Å²) in [6.07, 6.45) is 0. The van der Waals surface area contributed by atoms with Gasteiger partial charge >= 0.3 is 0 Å². The number of hydrogen-bond donors (Lipinski definition) is 0. The molecule has 9 rings (SSSR count). The molecule has 7 aromatic carbocycles. The Morgan fingerprint density at radius 2 is 0.826 bits per heavy atom. The van der Waals surface area contributed by atoms with Gasteiger partial charge in [0.25, 0.3) is 0 Å². The van der Waals surface area contributed by atoms with Gasteiger partial charge in [-0.15, -0.1) is 0 Å². The minimum Gasteiger partial charge on any atom is -0.455 e. The van der Waals surface area contributed by atoms with E-state index < -0.39 is 0 Å². The zero-order valence-corrected chi connectivity index (χ0v) is 24.7. The molecule has 2 aromatic heterocycles. The van der Waals surface area contributed by atoms with Gasteiger partial charge in [-0.05, 0) is 63.7 Å². The molecule has 0 radical (unpaired) electrons. The van der Waals surface area contributed by atoms with E-state index in [0.717, 1.165) is 88.4 Å². The number of fused-ring (bicyclic) bond motifs is 6. The van der Waals surface area contributed by atoms with Crippen LogP contribution >= 0.6 is 0 Å². The Bertz CT molecular complexity index is 2670. The molecule has 0 unspecified atom stereocenters. The number of nitrogens with zero attached hydrogens (tertiary/aromatic N) is 1. The summed E-state index contributed by atoms with van der Waals surface area (Å²) in [5.74, 6) is 0. The lowest BCUT2D eigenvalue weighted by atomic mass is 9.92. The maximum absolute atomic E-state index is 10.3. The van der Waals surface area contributed by atoms with E-state index in [2.05, 4.69) is 109 Å². The summed E-state index contributed by atoms with van der Waals surface area (Å²) in [7, 11) is 0. The number of benzene rings is 7. The van der Waals surface area contributed by atoms with Crippen LogP contribution in [0.3, 0.4) is 0 Å².